The fourth-order valence-electron chi connectivity index (χ4n) is 2.20. The van der Waals surface area contributed by atoms with Gasteiger partial charge in [0.15, 0.2) is 0 Å². The molecule has 0 aromatic carbocycles. The molecular weight excluding hydrogens is 200 g/mol. The van der Waals surface area contributed by atoms with E-state index in [0.717, 1.165) is 12.8 Å². The third kappa shape index (κ3) is 2.40. The SMILES string of the molecule is CCC1NC(CC)N(C(C)C(C)(C)C)C1=O. The second-order valence-electron chi connectivity index (χ2n) is 5.84. The highest BCUT2D eigenvalue weighted by atomic mass is 16.2. The Bertz CT molecular complexity index is 257. The number of rotatable bonds is 3. The quantitative estimate of drug-likeness (QED) is 0.801. The monoisotopic (exact) mass is 226 g/mol. The molecule has 1 rings (SSSR count). The summed E-state index contributed by atoms with van der Waals surface area (Å²) in [5.41, 5.74) is 0.132. The fraction of sp³-hybridized carbons (Fsp3) is 0.923. The largest absolute Gasteiger partial charge is 0.323 e. The van der Waals surface area contributed by atoms with Crippen LogP contribution in [0.4, 0.5) is 0 Å². The third-order valence-electron chi connectivity index (χ3n) is 3.75. The lowest BCUT2D eigenvalue weighted by molar-refractivity contribution is -0.134. The van der Waals surface area contributed by atoms with E-state index in [4.69, 9.17) is 0 Å². The minimum Gasteiger partial charge on any atom is -0.323 e. The number of carbonyl (C=O) groups excluding carboxylic acids is 1. The van der Waals surface area contributed by atoms with Crippen LogP contribution in [0.3, 0.4) is 0 Å². The molecule has 3 nitrogen and oxygen atoms in total. The Balaban J connectivity index is 2.88. The number of hydrogen-bond acceptors (Lipinski definition) is 2. The molecule has 1 aliphatic rings. The summed E-state index contributed by atoms with van der Waals surface area (Å²) in [5, 5.41) is 3.42. The van der Waals surface area contributed by atoms with Crippen LogP contribution in [0.25, 0.3) is 0 Å². The zero-order valence-electron chi connectivity index (χ0n) is 11.5. The molecular formula is C13H26N2O. The van der Waals surface area contributed by atoms with Gasteiger partial charge in [0.05, 0.1) is 12.2 Å². The van der Waals surface area contributed by atoms with E-state index in [1.165, 1.54) is 0 Å². The van der Waals surface area contributed by atoms with Gasteiger partial charge in [-0.05, 0) is 25.2 Å². The van der Waals surface area contributed by atoms with Crippen LogP contribution >= 0.6 is 0 Å². The molecule has 3 unspecified atom stereocenters. The fourth-order valence-corrected chi connectivity index (χ4v) is 2.20. The van der Waals surface area contributed by atoms with E-state index in [2.05, 4.69) is 46.9 Å². The van der Waals surface area contributed by atoms with Crippen molar-refractivity contribution in [3.63, 3.8) is 0 Å². The highest BCUT2D eigenvalue weighted by Crippen LogP contribution is 2.29. The summed E-state index contributed by atoms with van der Waals surface area (Å²) in [6, 6.07) is 0.295. The van der Waals surface area contributed by atoms with Gasteiger partial charge in [-0.3, -0.25) is 10.1 Å². The highest BCUT2D eigenvalue weighted by Gasteiger charge is 2.42. The molecule has 0 aliphatic carbocycles. The minimum absolute atomic E-state index is 0.0229. The second kappa shape index (κ2) is 4.74. The topological polar surface area (TPSA) is 32.3 Å². The Morgan fingerprint density at radius 3 is 2.25 bits per heavy atom. The molecule has 0 bridgehead atoms. The van der Waals surface area contributed by atoms with Crippen LogP contribution in [-0.2, 0) is 4.79 Å². The number of nitrogens with one attached hydrogen (secondary N) is 1. The molecule has 1 N–H and O–H groups in total. The van der Waals surface area contributed by atoms with Gasteiger partial charge < -0.3 is 4.90 Å². The second-order valence-corrected chi connectivity index (χ2v) is 5.84. The molecule has 0 saturated carbocycles. The normalized spacial score (nSPS) is 28.6. The minimum atomic E-state index is 0.0229. The van der Waals surface area contributed by atoms with E-state index in [1.807, 2.05) is 4.90 Å². The van der Waals surface area contributed by atoms with Crippen LogP contribution in [0.1, 0.15) is 54.4 Å². The molecule has 3 atom stereocenters. The molecule has 3 heteroatoms. The van der Waals surface area contributed by atoms with Gasteiger partial charge in [0, 0.05) is 6.04 Å². The summed E-state index contributed by atoms with van der Waals surface area (Å²) in [4.78, 5) is 14.3. The first kappa shape index (κ1) is 13.5. The van der Waals surface area contributed by atoms with Crippen molar-refractivity contribution in [2.75, 3.05) is 0 Å². The smallest absolute Gasteiger partial charge is 0.241 e. The number of carbonyl (C=O) groups is 1. The predicted molar refractivity (Wildman–Crippen MR) is 67.1 cm³/mol. The van der Waals surface area contributed by atoms with Gasteiger partial charge in [-0.25, -0.2) is 0 Å². The van der Waals surface area contributed by atoms with Crippen molar-refractivity contribution < 1.29 is 4.79 Å². The molecule has 0 radical (unpaired) electrons. The molecule has 0 aromatic rings. The van der Waals surface area contributed by atoms with Gasteiger partial charge in [-0.15, -0.1) is 0 Å². The molecule has 1 aliphatic heterocycles. The third-order valence-corrected chi connectivity index (χ3v) is 3.75. The van der Waals surface area contributed by atoms with Crippen molar-refractivity contribution in [2.45, 2.75) is 72.6 Å². The van der Waals surface area contributed by atoms with E-state index in [9.17, 15) is 4.79 Å². The average molecular weight is 226 g/mol. The molecule has 1 amide bonds. The van der Waals surface area contributed by atoms with Crippen molar-refractivity contribution in [3.05, 3.63) is 0 Å². The van der Waals surface area contributed by atoms with Gasteiger partial charge in [-0.1, -0.05) is 34.6 Å². The summed E-state index contributed by atoms with van der Waals surface area (Å²) < 4.78 is 0. The molecule has 0 spiro atoms. The number of amides is 1. The van der Waals surface area contributed by atoms with E-state index in [1.54, 1.807) is 0 Å². The zero-order chi connectivity index (χ0) is 12.5. The van der Waals surface area contributed by atoms with Crippen molar-refractivity contribution in [2.24, 2.45) is 5.41 Å². The Hall–Kier alpha value is -0.570. The molecule has 0 aromatic heterocycles. The molecule has 1 heterocycles. The van der Waals surface area contributed by atoms with E-state index in [-0.39, 0.29) is 29.6 Å². The van der Waals surface area contributed by atoms with Crippen molar-refractivity contribution >= 4 is 5.91 Å². The Kier molecular flexibility index (Phi) is 4.00. The Morgan fingerprint density at radius 2 is 1.88 bits per heavy atom. The standard InChI is InChI=1S/C13H26N2O/c1-7-10-12(16)15(11(8-2)14-10)9(3)13(4,5)6/h9-11,14H,7-8H2,1-6H3. The predicted octanol–water partition coefficient (Wildman–Crippen LogP) is 2.37. The first-order valence-corrected chi connectivity index (χ1v) is 6.41. The lowest BCUT2D eigenvalue weighted by Gasteiger charge is -2.38. The highest BCUT2D eigenvalue weighted by molar-refractivity contribution is 5.84. The van der Waals surface area contributed by atoms with E-state index < -0.39 is 0 Å². The zero-order valence-corrected chi connectivity index (χ0v) is 11.5. The average Bonchev–Trinajstić information content (AvgIpc) is 2.52. The molecule has 94 valence electrons. The molecule has 16 heavy (non-hydrogen) atoms. The van der Waals surface area contributed by atoms with Gasteiger partial charge in [0.1, 0.15) is 0 Å². The van der Waals surface area contributed by atoms with Gasteiger partial charge in [-0.2, -0.15) is 0 Å². The molecule has 1 saturated heterocycles. The number of hydrogen-bond donors (Lipinski definition) is 1. The Labute approximate surface area is 99.6 Å². The summed E-state index contributed by atoms with van der Waals surface area (Å²) in [6.45, 7) is 12.9. The van der Waals surface area contributed by atoms with Gasteiger partial charge in [0.25, 0.3) is 0 Å². The summed E-state index contributed by atoms with van der Waals surface area (Å²) >= 11 is 0. The number of nitrogens with zero attached hydrogens (tertiary/aromatic N) is 1. The van der Waals surface area contributed by atoms with Crippen molar-refractivity contribution in [1.82, 2.24) is 10.2 Å². The van der Waals surface area contributed by atoms with Crippen LogP contribution in [-0.4, -0.2) is 29.1 Å². The maximum Gasteiger partial charge on any atom is 0.241 e. The first-order chi connectivity index (χ1) is 7.32. The first-order valence-electron chi connectivity index (χ1n) is 6.41. The lowest BCUT2D eigenvalue weighted by atomic mass is 9.86. The van der Waals surface area contributed by atoms with E-state index >= 15 is 0 Å². The van der Waals surface area contributed by atoms with Crippen LogP contribution in [0.5, 0.6) is 0 Å². The van der Waals surface area contributed by atoms with Crippen molar-refractivity contribution in [1.29, 1.82) is 0 Å². The van der Waals surface area contributed by atoms with Crippen LogP contribution in [0.15, 0.2) is 0 Å². The maximum absolute atomic E-state index is 12.3. The lowest BCUT2D eigenvalue weighted by Crippen LogP contribution is -2.48. The van der Waals surface area contributed by atoms with Crippen LogP contribution in [0, 0.1) is 5.41 Å². The Morgan fingerprint density at radius 1 is 1.31 bits per heavy atom. The van der Waals surface area contributed by atoms with Crippen LogP contribution in [0.2, 0.25) is 0 Å². The van der Waals surface area contributed by atoms with E-state index in [0.29, 0.717) is 0 Å². The molecule has 1 fully saturated rings. The van der Waals surface area contributed by atoms with Gasteiger partial charge >= 0.3 is 0 Å². The maximum atomic E-state index is 12.3. The summed E-state index contributed by atoms with van der Waals surface area (Å²) in [7, 11) is 0. The van der Waals surface area contributed by atoms with Gasteiger partial charge in [0.2, 0.25) is 5.91 Å². The van der Waals surface area contributed by atoms with Crippen LogP contribution < -0.4 is 5.32 Å². The van der Waals surface area contributed by atoms with Crippen molar-refractivity contribution in [3.8, 4) is 0 Å². The summed E-state index contributed by atoms with van der Waals surface area (Å²) in [5.74, 6) is 0.275. The summed E-state index contributed by atoms with van der Waals surface area (Å²) in [6.07, 6.45) is 2.07.